The van der Waals surface area contributed by atoms with Crippen LogP contribution in [0.2, 0.25) is 0 Å². The average molecular weight is 218 g/mol. The second-order valence-electron chi connectivity index (χ2n) is 3.62. The number of nitrogen functional groups attached to an aromatic ring is 1. The molecule has 3 N–H and O–H groups in total. The van der Waals surface area contributed by atoms with E-state index in [2.05, 4.69) is 28.2 Å². The average Bonchev–Trinajstić information content (AvgIpc) is 2.65. The predicted molar refractivity (Wildman–Crippen MR) is 67.2 cm³/mol. The Labute approximate surface area is 93.7 Å². The molecule has 0 saturated heterocycles. The molecule has 1 aromatic carbocycles. The minimum Gasteiger partial charge on any atom is -0.399 e. The summed E-state index contributed by atoms with van der Waals surface area (Å²) in [6, 6.07) is 8.15. The van der Waals surface area contributed by atoms with Crippen LogP contribution in [-0.2, 0) is 6.54 Å². The number of thiophene rings is 1. The van der Waals surface area contributed by atoms with Crippen LogP contribution in [0.4, 0.5) is 11.4 Å². The van der Waals surface area contributed by atoms with Crippen molar-refractivity contribution in [3.8, 4) is 0 Å². The highest BCUT2D eigenvalue weighted by atomic mass is 32.1. The molecule has 15 heavy (non-hydrogen) atoms. The van der Waals surface area contributed by atoms with Gasteiger partial charge in [0.1, 0.15) is 0 Å². The van der Waals surface area contributed by atoms with Crippen molar-refractivity contribution in [1.82, 2.24) is 0 Å². The van der Waals surface area contributed by atoms with Gasteiger partial charge in [-0.1, -0.05) is 0 Å². The molecule has 78 valence electrons. The molecule has 0 unspecified atom stereocenters. The summed E-state index contributed by atoms with van der Waals surface area (Å²) in [7, 11) is 0. The molecule has 0 atom stereocenters. The molecule has 0 spiro atoms. The van der Waals surface area contributed by atoms with Crippen molar-refractivity contribution in [2.75, 3.05) is 11.1 Å². The van der Waals surface area contributed by atoms with Gasteiger partial charge in [-0.15, -0.1) is 0 Å². The fourth-order valence-corrected chi connectivity index (χ4v) is 2.18. The van der Waals surface area contributed by atoms with Gasteiger partial charge in [0.15, 0.2) is 0 Å². The van der Waals surface area contributed by atoms with Crippen molar-refractivity contribution >= 4 is 22.7 Å². The van der Waals surface area contributed by atoms with E-state index in [1.165, 1.54) is 11.1 Å². The molecule has 2 rings (SSSR count). The summed E-state index contributed by atoms with van der Waals surface area (Å²) < 4.78 is 0. The molecule has 0 aliphatic heterocycles. The zero-order chi connectivity index (χ0) is 10.7. The summed E-state index contributed by atoms with van der Waals surface area (Å²) in [4.78, 5) is 0. The lowest BCUT2D eigenvalue weighted by Gasteiger charge is -2.07. The Morgan fingerprint density at radius 1 is 1.33 bits per heavy atom. The molecular weight excluding hydrogens is 204 g/mol. The molecule has 2 aromatic rings. The first-order valence-electron chi connectivity index (χ1n) is 4.86. The maximum atomic E-state index is 5.77. The van der Waals surface area contributed by atoms with Crippen LogP contribution in [0.5, 0.6) is 0 Å². The fourth-order valence-electron chi connectivity index (χ4n) is 1.51. The van der Waals surface area contributed by atoms with Gasteiger partial charge in [0.2, 0.25) is 0 Å². The lowest BCUT2D eigenvalue weighted by Crippen LogP contribution is -1.99. The Kier molecular flexibility index (Phi) is 2.92. The van der Waals surface area contributed by atoms with Gasteiger partial charge in [-0.3, -0.25) is 0 Å². The van der Waals surface area contributed by atoms with Gasteiger partial charge >= 0.3 is 0 Å². The number of nitrogens with two attached hydrogens (primary N) is 1. The number of hydrogen-bond acceptors (Lipinski definition) is 3. The highest BCUT2D eigenvalue weighted by Gasteiger charge is 1.96. The second kappa shape index (κ2) is 4.36. The summed E-state index contributed by atoms with van der Waals surface area (Å²) in [6.45, 7) is 2.90. The van der Waals surface area contributed by atoms with E-state index in [1.54, 1.807) is 11.3 Å². The summed E-state index contributed by atoms with van der Waals surface area (Å²) in [5.74, 6) is 0. The first kappa shape index (κ1) is 10.1. The standard InChI is InChI=1S/C12H14N2S/c1-9-4-11(13)6-12(5-9)14-7-10-2-3-15-8-10/h2-6,8,14H,7,13H2,1H3. The molecule has 1 aromatic heterocycles. The number of rotatable bonds is 3. The van der Waals surface area contributed by atoms with Crippen molar-refractivity contribution in [2.45, 2.75) is 13.5 Å². The molecule has 0 fully saturated rings. The molecule has 0 aliphatic carbocycles. The maximum absolute atomic E-state index is 5.77. The number of hydrogen-bond donors (Lipinski definition) is 2. The minimum absolute atomic E-state index is 0.808. The van der Waals surface area contributed by atoms with Crippen LogP contribution in [0.25, 0.3) is 0 Å². The van der Waals surface area contributed by atoms with Crippen LogP contribution in [0.15, 0.2) is 35.0 Å². The topological polar surface area (TPSA) is 38.0 Å². The molecule has 0 radical (unpaired) electrons. The van der Waals surface area contributed by atoms with Crippen molar-refractivity contribution in [3.63, 3.8) is 0 Å². The Hall–Kier alpha value is -1.48. The van der Waals surface area contributed by atoms with Gasteiger partial charge in [0, 0.05) is 17.9 Å². The third-order valence-corrected chi connectivity index (χ3v) is 2.91. The van der Waals surface area contributed by atoms with Crippen molar-refractivity contribution in [1.29, 1.82) is 0 Å². The second-order valence-corrected chi connectivity index (χ2v) is 4.40. The number of nitrogens with one attached hydrogen (secondary N) is 1. The van der Waals surface area contributed by atoms with E-state index in [4.69, 9.17) is 5.73 Å². The van der Waals surface area contributed by atoms with Gasteiger partial charge < -0.3 is 11.1 Å². The molecule has 3 heteroatoms. The van der Waals surface area contributed by atoms with Crippen LogP contribution in [-0.4, -0.2) is 0 Å². The molecule has 1 heterocycles. The summed E-state index contributed by atoms with van der Waals surface area (Å²) >= 11 is 1.72. The molecule has 0 saturated carbocycles. The Balaban J connectivity index is 2.05. The smallest absolute Gasteiger partial charge is 0.0409 e. The molecule has 0 amide bonds. The molecule has 0 bridgehead atoms. The first-order chi connectivity index (χ1) is 7.24. The monoisotopic (exact) mass is 218 g/mol. The van der Waals surface area contributed by atoms with Crippen LogP contribution >= 0.6 is 11.3 Å². The molecule has 2 nitrogen and oxygen atoms in total. The molecule has 0 aliphatic rings. The first-order valence-corrected chi connectivity index (χ1v) is 5.80. The van der Waals surface area contributed by atoms with Crippen LogP contribution in [0.1, 0.15) is 11.1 Å². The lowest BCUT2D eigenvalue weighted by atomic mass is 10.2. The largest absolute Gasteiger partial charge is 0.399 e. The molecular formula is C12H14N2S. The fraction of sp³-hybridized carbons (Fsp3) is 0.167. The van der Waals surface area contributed by atoms with Gasteiger partial charge in [-0.05, 0) is 53.1 Å². The van der Waals surface area contributed by atoms with Gasteiger partial charge in [-0.25, -0.2) is 0 Å². The number of benzene rings is 1. The zero-order valence-corrected chi connectivity index (χ0v) is 9.47. The highest BCUT2D eigenvalue weighted by Crippen LogP contribution is 2.17. The van der Waals surface area contributed by atoms with E-state index in [0.29, 0.717) is 0 Å². The van der Waals surface area contributed by atoms with E-state index < -0.39 is 0 Å². The van der Waals surface area contributed by atoms with E-state index in [9.17, 15) is 0 Å². The third-order valence-electron chi connectivity index (χ3n) is 2.18. The van der Waals surface area contributed by atoms with Crippen molar-refractivity contribution in [2.24, 2.45) is 0 Å². The number of anilines is 2. The third kappa shape index (κ3) is 2.73. The summed E-state index contributed by atoms with van der Waals surface area (Å²) in [6.07, 6.45) is 0. The zero-order valence-electron chi connectivity index (χ0n) is 8.66. The van der Waals surface area contributed by atoms with E-state index >= 15 is 0 Å². The summed E-state index contributed by atoms with van der Waals surface area (Å²) in [5, 5.41) is 7.59. The minimum atomic E-state index is 0.808. The van der Waals surface area contributed by atoms with Crippen LogP contribution in [0, 0.1) is 6.92 Å². The highest BCUT2D eigenvalue weighted by molar-refractivity contribution is 7.07. The predicted octanol–water partition coefficient (Wildman–Crippen LogP) is 3.25. The Morgan fingerprint density at radius 2 is 2.20 bits per heavy atom. The summed E-state index contributed by atoms with van der Waals surface area (Å²) in [5.41, 5.74) is 10.1. The normalized spacial score (nSPS) is 10.2. The van der Waals surface area contributed by atoms with E-state index in [-0.39, 0.29) is 0 Å². The lowest BCUT2D eigenvalue weighted by molar-refractivity contribution is 1.16. The van der Waals surface area contributed by atoms with E-state index in [0.717, 1.165) is 17.9 Å². The Bertz CT molecular complexity index is 415. The van der Waals surface area contributed by atoms with Gasteiger partial charge in [0.25, 0.3) is 0 Å². The number of aryl methyl sites for hydroxylation is 1. The van der Waals surface area contributed by atoms with Gasteiger partial charge in [-0.2, -0.15) is 11.3 Å². The van der Waals surface area contributed by atoms with E-state index in [1.807, 2.05) is 19.1 Å². The van der Waals surface area contributed by atoms with Crippen molar-refractivity contribution in [3.05, 3.63) is 46.2 Å². The Morgan fingerprint density at radius 3 is 2.87 bits per heavy atom. The van der Waals surface area contributed by atoms with Gasteiger partial charge in [0.05, 0.1) is 0 Å². The quantitative estimate of drug-likeness (QED) is 0.776. The van der Waals surface area contributed by atoms with Crippen LogP contribution < -0.4 is 11.1 Å². The maximum Gasteiger partial charge on any atom is 0.0409 e. The SMILES string of the molecule is Cc1cc(N)cc(NCc2ccsc2)c1. The van der Waals surface area contributed by atoms with Crippen LogP contribution in [0.3, 0.4) is 0 Å². The van der Waals surface area contributed by atoms with Crippen molar-refractivity contribution < 1.29 is 0 Å².